The molecule has 1 aliphatic heterocycles. The van der Waals surface area contributed by atoms with Gasteiger partial charge < -0.3 is 14.2 Å². The third-order valence-corrected chi connectivity index (χ3v) is 8.19. The maximum absolute atomic E-state index is 12.5. The molecule has 2 atom stereocenters. The number of halogens is 1. The molecule has 0 N–H and O–H groups in total. The van der Waals surface area contributed by atoms with Crippen molar-refractivity contribution in [2.24, 2.45) is 11.3 Å². The molecule has 2 aromatic rings. The first-order valence-electron chi connectivity index (χ1n) is 12.4. The van der Waals surface area contributed by atoms with Gasteiger partial charge in [0.05, 0.1) is 5.39 Å². The van der Waals surface area contributed by atoms with E-state index in [9.17, 15) is 4.79 Å². The van der Waals surface area contributed by atoms with Gasteiger partial charge in [0, 0.05) is 25.3 Å². The number of nitrogens with zero attached hydrogens (tertiary/aromatic N) is 4. The number of amides is 1. The van der Waals surface area contributed by atoms with Gasteiger partial charge in [-0.1, -0.05) is 23.3 Å². The molecule has 6 nitrogen and oxygen atoms in total. The van der Waals surface area contributed by atoms with Gasteiger partial charge in [-0.05, 0) is 89.5 Å². The predicted molar refractivity (Wildman–Crippen MR) is 130 cm³/mol. The molecular weight excluding hydrogens is 436 g/mol. The number of hydrogen-bond acceptors (Lipinski definition) is 4. The lowest BCUT2D eigenvalue weighted by Gasteiger charge is -2.41. The van der Waals surface area contributed by atoms with E-state index in [1.54, 1.807) is 11.9 Å². The van der Waals surface area contributed by atoms with Crippen molar-refractivity contribution in [2.75, 3.05) is 13.1 Å². The van der Waals surface area contributed by atoms with Gasteiger partial charge in [0.15, 0.2) is 0 Å². The topological polar surface area (TPSA) is 60.2 Å². The van der Waals surface area contributed by atoms with Crippen LogP contribution in [0, 0.1) is 11.3 Å². The van der Waals surface area contributed by atoms with Crippen LogP contribution in [0.2, 0.25) is 5.15 Å². The first-order chi connectivity index (χ1) is 15.7. The van der Waals surface area contributed by atoms with Crippen molar-refractivity contribution in [3.63, 3.8) is 0 Å². The molecule has 7 heteroatoms. The molecule has 178 valence electrons. The summed E-state index contributed by atoms with van der Waals surface area (Å²) in [5.41, 5.74) is 2.45. The van der Waals surface area contributed by atoms with E-state index in [0.717, 1.165) is 43.4 Å². The van der Waals surface area contributed by atoms with Crippen LogP contribution in [0.1, 0.15) is 78.2 Å². The maximum atomic E-state index is 12.5. The summed E-state index contributed by atoms with van der Waals surface area (Å²) in [6.07, 6.45) is 15.5. The van der Waals surface area contributed by atoms with Crippen LogP contribution >= 0.6 is 11.6 Å². The van der Waals surface area contributed by atoms with Crippen LogP contribution in [0.5, 0.6) is 0 Å². The number of hydrogen-bond donors (Lipinski definition) is 0. The molecule has 3 fully saturated rings. The SMILES string of the molecule is CC(C)(C)OC(=O)N1CCC2(CCC/C2=C\C2CCC(n3ccc4c(Cl)ncnc43)C2)CC1. The van der Waals surface area contributed by atoms with Gasteiger partial charge in [0.2, 0.25) is 0 Å². The standard InChI is InChI=1S/C26H35ClN4O2/c1-25(2,3)33-24(32)30-13-10-26(11-14-30)9-4-5-19(26)15-18-6-7-20(16-18)31-12-8-21-22(27)28-17-29-23(21)31/h8,12,15,17-18,20H,4-7,9-11,13-14,16H2,1-3H3/b19-15+. The van der Waals surface area contributed by atoms with Gasteiger partial charge in [-0.3, -0.25) is 0 Å². The number of carbonyl (C=O) groups is 1. The van der Waals surface area contributed by atoms with E-state index in [1.165, 1.54) is 32.1 Å². The Hall–Kier alpha value is -2.08. The first-order valence-corrected chi connectivity index (χ1v) is 12.8. The monoisotopic (exact) mass is 470 g/mol. The second-order valence-corrected chi connectivity index (χ2v) is 11.5. The minimum absolute atomic E-state index is 0.164. The second kappa shape index (κ2) is 8.61. The van der Waals surface area contributed by atoms with E-state index >= 15 is 0 Å². The van der Waals surface area contributed by atoms with Crippen LogP contribution in [0.25, 0.3) is 11.0 Å². The van der Waals surface area contributed by atoms with E-state index < -0.39 is 5.60 Å². The van der Waals surface area contributed by atoms with Crippen LogP contribution in [0.15, 0.2) is 30.2 Å². The van der Waals surface area contributed by atoms with Crippen molar-refractivity contribution >= 4 is 28.7 Å². The van der Waals surface area contributed by atoms with Crippen molar-refractivity contribution in [3.8, 4) is 0 Å². The normalized spacial score (nSPS) is 26.5. The number of allylic oxidation sites excluding steroid dienone is 2. The fourth-order valence-corrected chi connectivity index (χ4v) is 6.42. The Balaban J connectivity index is 1.25. The summed E-state index contributed by atoms with van der Waals surface area (Å²) < 4.78 is 7.90. The highest BCUT2D eigenvalue weighted by molar-refractivity contribution is 6.33. The lowest BCUT2D eigenvalue weighted by atomic mass is 9.73. The fourth-order valence-electron chi connectivity index (χ4n) is 6.23. The molecule has 2 unspecified atom stereocenters. The van der Waals surface area contributed by atoms with Crippen molar-refractivity contribution in [2.45, 2.75) is 83.8 Å². The third-order valence-electron chi connectivity index (χ3n) is 7.89. The quantitative estimate of drug-likeness (QED) is 0.368. The summed E-state index contributed by atoms with van der Waals surface area (Å²) in [6, 6.07) is 2.50. The lowest BCUT2D eigenvalue weighted by Crippen LogP contribution is -2.45. The molecule has 0 bridgehead atoms. The van der Waals surface area contributed by atoms with Gasteiger partial charge in [-0.25, -0.2) is 14.8 Å². The Morgan fingerprint density at radius 3 is 2.76 bits per heavy atom. The van der Waals surface area contributed by atoms with Gasteiger partial charge in [-0.2, -0.15) is 0 Å². The van der Waals surface area contributed by atoms with E-state index in [2.05, 4.69) is 26.8 Å². The van der Waals surface area contributed by atoms with E-state index in [-0.39, 0.29) is 11.5 Å². The Morgan fingerprint density at radius 1 is 1.21 bits per heavy atom. The zero-order chi connectivity index (χ0) is 23.2. The average Bonchev–Trinajstić information content (AvgIpc) is 3.48. The van der Waals surface area contributed by atoms with Gasteiger partial charge >= 0.3 is 6.09 Å². The van der Waals surface area contributed by atoms with Crippen LogP contribution in [-0.4, -0.2) is 44.2 Å². The van der Waals surface area contributed by atoms with E-state index in [4.69, 9.17) is 16.3 Å². The molecule has 5 rings (SSSR count). The molecule has 2 aliphatic carbocycles. The smallest absolute Gasteiger partial charge is 0.410 e. The number of aromatic nitrogens is 3. The molecule has 0 radical (unpaired) electrons. The molecule has 1 spiro atoms. The van der Waals surface area contributed by atoms with Crippen molar-refractivity contribution in [1.82, 2.24) is 19.4 Å². The molecule has 1 amide bonds. The third kappa shape index (κ3) is 4.51. The van der Waals surface area contributed by atoms with Crippen LogP contribution in [0.3, 0.4) is 0 Å². The molecule has 1 saturated heterocycles. The highest BCUT2D eigenvalue weighted by Gasteiger charge is 2.43. The zero-order valence-electron chi connectivity index (χ0n) is 20.0. The maximum Gasteiger partial charge on any atom is 0.410 e. The molecule has 3 aliphatic rings. The summed E-state index contributed by atoms with van der Waals surface area (Å²) in [5.74, 6) is 0.610. The summed E-state index contributed by atoms with van der Waals surface area (Å²) in [4.78, 5) is 23.0. The van der Waals surface area contributed by atoms with Gasteiger partial charge in [-0.15, -0.1) is 0 Å². The minimum Gasteiger partial charge on any atom is -0.444 e. The Kier molecular flexibility index (Phi) is 5.92. The van der Waals surface area contributed by atoms with Crippen LogP contribution < -0.4 is 0 Å². The van der Waals surface area contributed by atoms with Gasteiger partial charge in [0.1, 0.15) is 22.7 Å². The number of carbonyl (C=O) groups excluding carboxylic acids is 1. The zero-order valence-corrected chi connectivity index (χ0v) is 20.8. The van der Waals surface area contributed by atoms with Crippen molar-refractivity contribution in [3.05, 3.63) is 35.4 Å². The first kappa shape index (κ1) is 22.7. The predicted octanol–water partition coefficient (Wildman–Crippen LogP) is 6.55. The second-order valence-electron chi connectivity index (χ2n) is 11.1. The molecule has 33 heavy (non-hydrogen) atoms. The number of fused-ring (bicyclic) bond motifs is 1. The number of ether oxygens (including phenoxy) is 1. The molecule has 0 aromatic carbocycles. The molecule has 2 saturated carbocycles. The highest BCUT2D eigenvalue weighted by Crippen LogP contribution is 2.52. The van der Waals surface area contributed by atoms with Crippen LogP contribution in [0.4, 0.5) is 4.79 Å². The minimum atomic E-state index is -0.438. The molecule has 3 heterocycles. The fraction of sp³-hybridized carbons (Fsp3) is 0.654. The lowest BCUT2D eigenvalue weighted by molar-refractivity contribution is 0.0138. The largest absolute Gasteiger partial charge is 0.444 e. The average molecular weight is 471 g/mol. The number of rotatable bonds is 2. The van der Waals surface area contributed by atoms with Crippen molar-refractivity contribution < 1.29 is 9.53 Å². The number of likely N-dealkylation sites (tertiary alicyclic amines) is 1. The van der Waals surface area contributed by atoms with E-state index in [0.29, 0.717) is 17.1 Å². The summed E-state index contributed by atoms with van der Waals surface area (Å²) in [6.45, 7) is 7.40. The Bertz CT molecular complexity index is 1060. The molecular formula is C26H35ClN4O2. The highest BCUT2D eigenvalue weighted by atomic mass is 35.5. The Labute approximate surface area is 201 Å². The van der Waals surface area contributed by atoms with E-state index in [1.807, 2.05) is 31.7 Å². The Morgan fingerprint density at radius 2 is 2.00 bits per heavy atom. The summed E-state index contributed by atoms with van der Waals surface area (Å²) in [5, 5.41) is 1.47. The van der Waals surface area contributed by atoms with Crippen LogP contribution in [-0.2, 0) is 4.74 Å². The summed E-state index contributed by atoms with van der Waals surface area (Å²) >= 11 is 6.26. The van der Waals surface area contributed by atoms with Gasteiger partial charge in [0.25, 0.3) is 0 Å². The summed E-state index contributed by atoms with van der Waals surface area (Å²) in [7, 11) is 0. The van der Waals surface area contributed by atoms with Crippen molar-refractivity contribution in [1.29, 1.82) is 0 Å². The molecule has 2 aromatic heterocycles. The number of piperidine rings is 1.